The molecule has 0 saturated heterocycles. The maximum absolute atomic E-state index is 13.1. The molecule has 0 heterocycles. The molecule has 1 aromatic rings. The number of rotatable bonds is 2. The van der Waals surface area contributed by atoms with Crippen LogP contribution in [-0.4, -0.2) is 5.78 Å². The van der Waals surface area contributed by atoms with Crippen LogP contribution in [0, 0.1) is 12.7 Å². The fourth-order valence-corrected chi connectivity index (χ4v) is 1.07. The Labute approximate surface area is 82.2 Å². The molecular formula is C11H12FNO. The van der Waals surface area contributed by atoms with E-state index in [2.05, 4.69) is 0 Å². The second-order valence-corrected chi connectivity index (χ2v) is 3.17. The lowest BCUT2D eigenvalue weighted by Gasteiger charge is -2.02. The quantitative estimate of drug-likeness (QED) is 0.730. The van der Waals surface area contributed by atoms with Gasteiger partial charge in [0.2, 0.25) is 0 Å². The standard InChI is InChI=1S/C11H12FNO/c1-7-3-4-9(6-10(7)12)11(13)5-8(2)14/h3-6H,13H2,1-2H3/b11-5-. The third kappa shape index (κ3) is 2.42. The van der Waals surface area contributed by atoms with Crippen LogP contribution in [0.3, 0.4) is 0 Å². The Morgan fingerprint density at radius 3 is 2.64 bits per heavy atom. The van der Waals surface area contributed by atoms with Gasteiger partial charge in [0.15, 0.2) is 5.78 Å². The molecule has 14 heavy (non-hydrogen) atoms. The van der Waals surface area contributed by atoms with Crippen molar-refractivity contribution in [2.24, 2.45) is 5.73 Å². The molecule has 0 aliphatic carbocycles. The molecule has 0 amide bonds. The Morgan fingerprint density at radius 1 is 1.50 bits per heavy atom. The highest BCUT2D eigenvalue weighted by Crippen LogP contribution is 2.13. The molecule has 1 aromatic carbocycles. The van der Waals surface area contributed by atoms with Crippen molar-refractivity contribution in [1.29, 1.82) is 0 Å². The highest BCUT2D eigenvalue weighted by molar-refractivity contribution is 5.94. The lowest BCUT2D eigenvalue weighted by Crippen LogP contribution is -2.00. The number of allylic oxidation sites excluding steroid dienone is 1. The number of carbonyl (C=O) groups is 1. The van der Waals surface area contributed by atoms with E-state index >= 15 is 0 Å². The van der Waals surface area contributed by atoms with E-state index in [-0.39, 0.29) is 17.3 Å². The molecule has 0 radical (unpaired) electrons. The summed E-state index contributed by atoms with van der Waals surface area (Å²) in [4.78, 5) is 10.7. The fourth-order valence-electron chi connectivity index (χ4n) is 1.07. The van der Waals surface area contributed by atoms with Crippen molar-refractivity contribution in [3.8, 4) is 0 Å². The van der Waals surface area contributed by atoms with Crippen molar-refractivity contribution < 1.29 is 9.18 Å². The summed E-state index contributed by atoms with van der Waals surface area (Å²) in [5, 5.41) is 0. The average Bonchev–Trinajstić information content (AvgIpc) is 2.08. The topological polar surface area (TPSA) is 43.1 Å². The molecule has 2 nitrogen and oxygen atoms in total. The van der Waals surface area contributed by atoms with Gasteiger partial charge < -0.3 is 5.73 Å². The van der Waals surface area contributed by atoms with E-state index in [0.29, 0.717) is 11.1 Å². The van der Waals surface area contributed by atoms with Crippen LogP contribution >= 0.6 is 0 Å². The van der Waals surface area contributed by atoms with Gasteiger partial charge in [0.1, 0.15) is 5.82 Å². The number of nitrogens with two attached hydrogens (primary N) is 1. The molecule has 0 bridgehead atoms. The molecule has 0 aliphatic rings. The first-order valence-electron chi connectivity index (χ1n) is 4.25. The van der Waals surface area contributed by atoms with Crippen LogP contribution in [0.1, 0.15) is 18.1 Å². The van der Waals surface area contributed by atoms with Crippen molar-refractivity contribution in [2.75, 3.05) is 0 Å². The van der Waals surface area contributed by atoms with Crippen molar-refractivity contribution in [3.63, 3.8) is 0 Å². The highest BCUT2D eigenvalue weighted by atomic mass is 19.1. The van der Waals surface area contributed by atoms with Crippen LogP contribution < -0.4 is 5.73 Å². The van der Waals surface area contributed by atoms with Gasteiger partial charge in [-0.1, -0.05) is 12.1 Å². The van der Waals surface area contributed by atoms with Gasteiger partial charge in [0.25, 0.3) is 0 Å². The smallest absolute Gasteiger partial charge is 0.154 e. The summed E-state index contributed by atoms with van der Waals surface area (Å²) >= 11 is 0. The Balaban J connectivity index is 3.09. The zero-order chi connectivity index (χ0) is 10.7. The monoisotopic (exact) mass is 193 g/mol. The normalized spacial score (nSPS) is 11.5. The zero-order valence-corrected chi connectivity index (χ0v) is 8.17. The molecule has 0 spiro atoms. The van der Waals surface area contributed by atoms with Crippen LogP contribution in [0.15, 0.2) is 24.3 Å². The molecule has 0 unspecified atom stereocenters. The molecular weight excluding hydrogens is 181 g/mol. The van der Waals surface area contributed by atoms with Gasteiger partial charge in [-0.05, 0) is 25.5 Å². The third-order valence-electron chi connectivity index (χ3n) is 1.86. The summed E-state index contributed by atoms with van der Waals surface area (Å²) < 4.78 is 13.1. The minimum absolute atomic E-state index is 0.150. The lowest BCUT2D eigenvalue weighted by molar-refractivity contribution is -0.112. The zero-order valence-electron chi connectivity index (χ0n) is 8.17. The van der Waals surface area contributed by atoms with E-state index in [4.69, 9.17) is 5.73 Å². The molecule has 0 fully saturated rings. The van der Waals surface area contributed by atoms with E-state index in [1.807, 2.05) is 0 Å². The first-order valence-corrected chi connectivity index (χ1v) is 4.25. The number of hydrogen-bond acceptors (Lipinski definition) is 2. The van der Waals surface area contributed by atoms with Crippen LogP contribution in [0.4, 0.5) is 4.39 Å². The molecule has 0 aromatic heterocycles. The fraction of sp³-hybridized carbons (Fsp3) is 0.182. The maximum atomic E-state index is 13.1. The van der Waals surface area contributed by atoms with Gasteiger partial charge in [-0.25, -0.2) is 4.39 Å². The van der Waals surface area contributed by atoms with Gasteiger partial charge in [0, 0.05) is 17.3 Å². The van der Waals surface area contributed by atoms with Crippen molar-refractivity contribution in [3.05, 3.63) is 41.2 Å². The minimum atomic E-state index is -0.317. The van der Waals surface area contributed by atoms with E-state index in [9.17, 15) is 9.18 Å². The molecule has 0 atom stereocenters. The Bertz CT molecular complexity index is 396. The first kappa shape index (κ1) is 10.4. The van der Waals surface area contributed by atoms with Crippen LogP contribution in [0.2, 0.25) is 0 Å². The third-order valence-corrected chi connectivity index (χ3v) is 1.86. The SMILES string of the molecule is CC(=O)/C=C(\N)c1ccc(C)c(F)c1. The number of ketones is 1. The van der Waals surface area contributed by atoms with Gasteiger partial charge >= 0.3 is 0 Å². The maximum Gasteiger partial charge on any atom is 0.154 e. The Kier molecular flexibility index (Phi) is 3.02. The first-order chi connectivity index (χ1) is 6.50. The molecule has 0 aliphatic heterocycles. The minimum Gasteiger partial charge on any atom is -0.398 e. The molecule has 3 heteroatoms. The number of benzene rings is 1. The number of carbonyl (C=O) groups excluding carboxylic acids is 1. The summed E-state index contributed by atoms with van der Waals surface area (Å²) in [7, 11) is 0. The van der Waals surface area contributed by atoms with Crippen LogP contribution in [0.25, 0.3) is 5.70 Å². The summed E-state index contributed by atoms with van der Waals surface area (Å²) in [6.45, 7) is 3.07. The van der Waals surface area contributed by atoms with E-state index in [1.165, 1.54) is 19.1 Å². The van der Waals surface area contributed by atoms with Crippen molar-refractivity contribution in [2.45, 2.75) is 13.8 Å². The van der Waals surface area contributed by atoms with Gasteiger partial charge in [0.05, 0.1) is 0 Å². The summed E-state index contributed by atoms with van der Waals surface area (Å²) in [6.07, 6.45) is 1.28. The van der Waals surface area contributed by atoms with Gasteiger partial charge in [-0.2, -0.15) is 0 Å². The predicted molar refractivity (Wildman–Crippen MR) is 54.0 cm³/mol. The second-order valence-electron chi connectivity index (χ2n) is 3.17. The van der Waals surface area contributed by atoms with Crippen LogP contribution in [0.5, 0.6) is 0 Å². The predicted octanol–water partition coefficient (Wildman–Crippen LogP) is 2.02. The van der Waals surface area contributed by atoms with Crippen molar-refractivity contribution in [1.82, 2.24) is 0 Å². The van der Waals surface area contributed by atoms with Crippen molar-refractivity contribution >= 4 is 11.5 Å². The highest BCUT2D eigenvalue weighted by Gasteiger charge is 2.02. The summed E-state index contributed by atoms with van der Waals surface area (Å²) in [5.74, 6) is -0.467. The molecule has 2 N–H and O–H groups in total. The summed E-state index contributed by atoms with van der Waals surface area (Å²) in [5.41, 5.74) is 6.97. The Hall–Kier alpha value is -1.64. The van der Waals surface area contributed by atoms with E-state index in [1.54, 1.807) is 19.1 Å². The van der Waals surface area contributed by atoms with E-state index in [0.717, 1.165) is 0 Å². The van der Waals surface area contributed by atoms with E-state index < -0.39 is 0 Å². The summed E-state index contributed by atoms with van der Waals surface area (Å²) in [6, 6.07) is 4.64. The molecule has 74 valence electrons. The largest absolute Gasteiger partial charge is 0.398 e. The van der Waals surface area contributed by atoms with Gasteiger partial charge in [-0.3, -0.25) is 4.79 Å². The number of aryl methyl sites for hydroxylation is 1. The van der Waals surface area contributed by atoms with Gasteiger partial charge in [-0.15, -0.1) is 0 Å². The van der Waals surface area contributed by atoms with Crippen LogP contribution in [-0.2, 0) is 4.79 Å². The molecule has 0 saturated carbocycles. The molecule has 1 rings (SSSR count). The lowest BCUT2D eigenvalue weighted by atomic mass is 10.1. The Morgan fingerprint density at radius 2 is 2.14 bits per heavy atom. The number of hydrogen-bond donors (Lipinski definition) is 1. The average molecular weight is 193 g/mol. The number of halogens is 1. The second kappa shape index (κ2) is 4.05.